The van der Waals surface area contributed by atoms with Gasteiger partial charge in [-0.3, -0.25) is 4.79 Å². The summed E-state index contributed by atoms with van der Waals surface area (Å²) in [6.07, 6.45) is 4.53. The Morgan fingerprint density at radius 2 is 2.06 bits per heavy atom. The molecule has 4 heteroatoms. The molecule has 0 saturated carbocycles. The van der Waals surface area contributed by atoms with Crippen molar-refractivity contribution in [2.45, 2.75) is 25.7 Å². The summed E-state index contributed by atoms with van der Waals surface area (Å²) in [6.45, 7) is 2.72. The smallest absolute Gasteiger partial charge is 0.226 e. The van der Waals surface area contributed by atoms with Crippen molar-refractivity contribution in [3.63, 3.8) is 0 Å². The lowest BCUT2D eigenvalue weighted by Gasteiger charge is -2.33. The van der Waals surface area contributed by atoms with Crippen LogP contribution in [0, 0.1) is 11.8 Å². The molecule has 1 unspecified atom stereocenters. The molecule has 2 aliphatic heterocycles. The van der Waals surface area contributed by atoms with Crippen LogP contribution in [0.3, 0.4) is 0 Å². The van der Waals surface area contributed by atoms with Crippen molar-refractivity contribution in [2.75, 3.05) is 31.1 Å². The highest BCUT2D eigenvalue weighted by Gasteiger charge is 2.29. The quantitative estimate of drug-likeness (QED) is 0.812. The van der Waals surface area contributed by atoms with E-state index in [4.69, 9.17) is 5.73 Å². The third-order valence-corrected chi connectivity index (χ3v) is 4.94. The molecule has 0 bridgehead atoms. The van der Waals surface area contributed by atoms with Crippen LogP contribution in [0.1, 0.15) is 25.7 Å². The molecule has 2 heterocycles. The molecule has 0 aromatic heterocycles. The molecule has 2 rings (SSSR count). The molecule has 3 nitrogen and oxygen atoms in total. The zero-order chi connectivity index (χ0) is 11.4. The summed E-state index contributed by atoms with van der Waals surface area (Å²) < 4.78 is 0. The number of hydrogen-bond donors (Lipinski definition) is 1. The fourth-order valence-electron chi connectivity index (χ4n) is 2.67. The van der Waals surface area contributed by atoms with Gasteiger partial charge in [-0.1, -0.05) is 0 Å². The van der Waals surface area contributed by atoms with Gasteiger partial charge in [-0.25, -0.2) is 0 Å². The normalized spacial score (nSPS) is 27.3. The van der Waals surface area contributed by atoms with Crippen molar-refractivity contribution >= 4 is 17.7 Å². The van der Waals surface area contributed by atoms with E-state index < -0.39 is 0 Å². The summed E-state index contributed by atoms with van der Waals surface area (Å²) in [6, 6.07) is 0. The van der Waals surface area contributed by atoms with Gasteiger partial charge in [-0.2, -0.15) is 11.8 Å². The van der Waals surface area contributed by atoms with Crippen LogP contribution in [0.25, 0.3) is 0 Å². The average molecular weight is 242 g/mol. The van der Waals surface area contributed by atoms with E-state index in [9.17, 15) is 4.79 Å². The number of rotatable bonds is 3. The van der Waals surface area contributed by atoms with Crippen molar-refractivity contribution in [1.82, 2.24) is 4.90 Å². The Bertz CT molecular complexity index is 233. The molecule has 16 heavy (non-hydrogen) atoms. The summed E-state index contributed by atoms with van der Waals surface area (Å²) in [5.41, 5.74) is 5.57. The van der Waals surface area contributed by atoms with Gasteiger partial charge in [0.1, 0.15) is 0 Å². The fraction of sp³-hybridized carbons (Fsp3) is 0.917. The van der Waals surface area contributed by atoms with E-state index in [0.29, 0.717) is 11.8 Å². The first kappa shape index (κ1) is 12.2. The molecule has 2 N–H and O–H groups in total. The number of nitrogens with zero attached hydrogens (tertiary/aromatic N) is 1. The van der Waals surface area contributed by atoms with Gasteiger partial charge in [0.25, 0.3) is 0 Å². The maximum atomic E-state index is 12.2. The van der Waals surface area contributed by atoms with Gasteiger partial charge in [-0.05, 0) is 43.9 Å². The van der Waals surface area contributed by atoms with E-state index in [1.54, 1.807) is 0 Å². The Hall–Kier alpha value is -0.220. The average Bonchev–Trinajstić information content (AvgIpc) is 2.83. The summed E-state index contributed by atoms with van der Waals surface area (Å²) >= 11 is 1.92. The SMILES string of the molecule is NCCC1CCN(C(=O)C2CCSC2)CC1. The van der Waals surface area contributed by atoms with Crippen LogP contribution >= 0.6 is 11.8 Å². The van der Waals surface area contributed by atoms with E-state index in [2.05, 4.69) is 4.90 Å². The second-order valence-electron chi connectivity index (χ2n) is 4.91. The Balaban J connectivity index is 1.77. The van der Waals surface area contributed by atoms with Crippen LogP contribution in [0.2, 0.25) is 0 Å². The lowest BCUT2D eigenvalue weighted by Crippen LogP contribution is -2.42. The second-order valence-corrected chi connectivity index (χ2v) is 6.06. The molecule has 92 valence electrons. The number of likely N-dealkylation sites (tertiary alicyclic amines) is 1. The molecule has 0 aromatic rings. The number of carbonyl (C=O) groups excluding carboxylic acids is 1. The molecular weight excluding hydrogens is 220 g/mol. The Kier molecular flexibility index (Phi) is 4.53. The van der Waals surface area contributed by atoms with Crippen LogP contribution in [0.15, 0.2) is 0 Å². The third kappa shape index (κ3) is 2.92. The fourth-order valence-corrected chi connectivity index (χ4v) is 3.88. The largest absolute Gasteiger partial charge is 0.342 e. The van der Waals surface area contributed by atoms with Crippen LogP contribution in [-0.4, -0.2) is 41.9 Å². The van der Waals surface area contributed by atoms with Crippen LogP contribution in [-0.2, 0) is 4.79 Å². The standard InChI is InChI=1S/C12H22N2OS/c13-5-1-10-2-6-14(7-3-10)12(15)11-4-8-16-9-11/h10-11H,1-9,13H2. The van der Waals surface area contributed by atoms with Crippen molar-refractivity contribution in [2.24, 2.45) is 17.6 Å². The molecule has 0 aliphatic carbocycles. The topological polar surface area (TPSA) is 46.3 Å². The molecule has 1 amide bonds. The van der Waals surface area contributed by atoms with Gasteiger partial charge in [0.15, 0.2) is 0 Å². The lowest BCUT2D eigenvalue weighted by atomic mass is 9.93. The van der Waals surface area contributed by atoms with Crippen molar-refractivity contribution in [3.05, 3.63) is 0 Å². The number of hydrogen-bond acceptors (Lipinski definition) is 3. The predicted molar refractivity (Wildman–Crippen MR) is 68.4 cm³/mol. The van der Waals surface area contributed by atoms with Gasteiger partial charge in [0, 0.05) is 24.8 Å². The van der Waals surface area contributed by atoms with Crippen LogP contribution < -0.4 is 5.73 Å². The third-order valence-electron chi connectivity index (χ3n) is 3.78. The van der Waals surface area contributed by atoms with Gasteiger partial charge in [-0.15, -0.1) is 0 Å². The molecule has 2 aliphatic rings. The second kappa shape index (κ2) is 5.92. The summed E-state index contributed by atoms with van der Waals surface area (Å²) in [7, 11) is 0. The molecule has 0 aromatic carbocycles. The minimum atomic E-state index is 0.316. The zero-order valence-corrected chi connectivity index (χ0v) is 10.7. The Labute approximate surface area is 102 Å². The number of thioether (sulfide) groups is 1. The molecule has 2 saturated heterocycles. The molecular formula is C12H22N2OS. The first-order valence-electron chi connectivity index (χ1n) is 6.38. The predicted octanol–water partition coefficient (Wildman–Crippen LogP) is 1.33. The number of nitrogens with two attached hydrogens (primary N) is 1. The van der Waals surface area contributed by atoms with E-state index in [1.807, 2.05) is 11.8 Å². The highest BCUT2D eigenvalue weighted by atomic mass is 32.2. The summed E-state index contributed by atoms with van der Waals surface area (Å²) in [4.78, 5) is 14.2. The van der Waals surface area contributed by atoms with Gasteiger partial charge >= 0.3 is 0 Å². The molecule has 1 atom stereocenters. The van der Waals surface area contributed by atoms with Gasteiger partial charge in [0.2, 0.25) is 5.91 Å². The monoisotopic (exact) mass is 242 g/mol. The van der Waals surface area contributed by atoms with E-state index in [-0.39, 0.29) is 0 Å². The van der Waals surface area contributed by atoms with E-state index in [1.165, 1.54) is 5.75 Å². The number of carbonyl (C=O) groups is 1. The number of piperidine rings is 1. The molecule has 0 radical (unpaired) electrons. The molecule has 2 fully saturated rings. The first-order chi connectivity index (χ1) is 7.81. The highest BCUT2D eigenvalue weighted by Crippen LogP contribution is 2.27. The van der Waals surface area contributed by atoms with Crippen molar-refractivity contribution in [1.29, 1.82) is 0 Å². The van der Waals surface area contributed by atoms with E-state index >= 15 is 0 Å². The van der Waals surface area contributed by atoms with Crippen molar-refractivity contribution in [3.8, 4) is 0 Å². The first-order valence-corrected chi connectivity index (χ1v) is 7.53. The van der Waals surface area contributed by atoms with Crippen LogP contribution in [0.5, 0.6) is 0 Å². The Morgan fingerprint density at radius 1 is 1.31 bits per heavy atom. The maximum absolute atomic E-state index is 12.2. The van der Waals surface area contributed by atoms with Crippen LogP contribution in [0.4, 0.5) is 0 Å². The zero-order valence-electron chi connectivity index (χ0n) is 9.86. The minimum Gasteiger partial charge on any atom is -0.342 e. The maximum Gasteiger partial charge on any atom is 0.226 e. The van der Waals surface area contributed by atoms with E-state index in [0.717, 1.165) is 57.0 Å². The minimum absolute atomic E-state index is 0.316. The Morgan fingerprint density at radius 3 is 2.62 bits per heavy atom. The van der Waals surface area contributed by atoms with Crippen molar-refractivity contribution < 1.29 is 4.79 Å². The van der Waals surface area contributed by atoms with Gasteiger partial charge < -0.3 is 10.6 Å². The van der Waals surface area contributed by atoms with Gasteiger partial charge in [0.05, 0.1) is 0 Å². The highest BCUT2D eigenvalue weighted by molar-refractivity contribution is 7.99. The summed E-state index contributed by atoms with van der Waals surface area (Å²) in [5, 5.41) is 0. The lowest BCUT2D eigenvalue weighted by molar-refractivity contribution is -0.136. The molecule has 0 spiro atoms. The number of amides is 1. The summed E-state index contributed by atoms with van der Waals surface area (Å²) in [5.74, 6) is 3.70.